The van der Waals surface area contributed by atoms with Crippen LogP contribution in [0.4, 0.5) is 0 Å². The van der Waals surface area contributed by atoms with E-state index in [0.29, 0.717) is 6.04 Å². The number of benzene rings is 2. The first-order valence-electron chi connectivity index (χ1n) is 6.18. The summed E-state index contributed by atoms with van der Waals surface area (Å²) in [5.41, 5.74) is 2.62. The second-order valence-corrected chi connectivity index (χ2v) is 4.30. The van der Waals surface area contributed by atoms with Gasteiger partial charge < -0.3 is 22.5 Å². The van der Waals surface area contributed by atoms with E-state index in [1.54, 1.807) is 7.11 Å². The third-order valence-electron chi connectivity index (χ3n) is 3.15. The average molecular weight is 277 g/mol. The van der Waals surface area contributed by atoms with Crippen LogP contribution in [0.15, 0.2) is 54.6 Å². The van der Waals surface area contributed by atoms with Crippen LogP contribution in [0, 0.1) is 0 Å². The van der Waals surface area contributed by atoms with Gasteiger partial charge in [0.15, 0.2) is 0 Å². The predicted molar refractivity (Wildman–Crippen MR) is 74.9 cm³/mol. The van der Waals surface area contributed by atoms with Gasteiger partial charge in [0.1, 0.15) is 5.75 Å². The van der Waals surface area contributed by atoms with E-state index < -0.39 is 0 Å². The molecule has 0 aliphatic carbocycles. The molecule has 3 heteroatoms. The molecule has 0 heterocycles. The number of methoxy groups -OCH3 is 1. The summed E-state index contributed by atoms with van der Waals surface area (Å²) in [6.07, 6.45) is 0.990. The lowest BCUT2D eigenvalue weighted by Crippen LogP contribution is -3.00. The standard InChI is InChI=1S/C16H19NO.ClH/c1-17-16(12-13-6-4-3-5-7-13)14-8-10-15(18-2)11-9-14;/h3-11,16-17H,12H2,1-2H3;1H/p-1. The van der Waals surface area contributed by atoms with Crippen LogP contribution in [-0.2, 0) is 6.42 Å². The molecule has 1 atom stereocenters. The summed E-state index contributed by atoms with van der Waals surface area (Å²) < 4.78 is 5.18. The zero-order valence-corrected chi connectivity index (χ0v) is 12.0. The van der Waals surface area contributed by atoms with Crippen LogP contribution in [0.5, 0.6) is 5.75 Å². The Kier molecular flexibility index (Phi) is 6.40. The maximum Gasteiger partial charge on any atom is 0.118 e. The molecule has 2 rings (SSSR count). The van der Waals surface area contributed by atoms with E-state index in [1.165, 1.54) is 11.1 Å². The van der Waals surface area contributed by atoms with Gasteiger partial charge >= 0.3 is 0 Å². The van der Waals surface area contributed by atoms with Crippen molar-refractivity contribution in [2.45, 2.75) is 12.5 Å². The van der Waals surface area contributed by atoms with E-state index in [-0.39, 0.29) is 12.4 Å². The Bertz CT molecular complexity index is 470. The first-order chi connectivity index (χ1) is 8.83. The monoisotopic (exact) mass is 276 g/mol. The summed E-state index contributed by atoms with van der Waals surface area (Å²) in [7, 11) is 3.69. The van der Waals surface area contributed by atoms with Crippen LogP contribution in [0.25, 0.3) is 0 Å². The molecule has 0 spiro atoms. The average Bonchev–Trinajstić information content (AvgIpc) is 2.46. The number of hydrogen-bond donors (Lipinski definition) is 1. The Morgan fingerprint density at radius 2 is 1.63 bits per heavy atom. The Morgan fingerprint density at radius 3 is 2.16 bits per heavy atom. The van der Waals surface area contributed by atoms with Crippen molar-refractivity contribution in [3.8, 4) is 5.75 Å². The third kappa shape index (κ3) is 4.27. The molecule has 0 amide bonds. The zero-order chi connectivity index (χ0) is 12.8. The minimum absolute atomic E-state index is 0. The fraction of sp³-hybridized carbons (Fsp3) is 0.250. The summed E-state index contributed by atoms with van der Waals surface area (Å²) in [4.78, 5) is 0. The van der Waals surface area contributed by atoms with Crippen LogP contribution >= 0.6 is 0 Å². The summed E-state index contributed by atoms with van der Waals surface area (Å²) in [6, 6.07) is 19.1. The van der Waals surface area contributed by atoms with Gasteiger partial charge in [-0.25, -0.2) is 0 Å². The molecule has 1 unspecified atom stereocenters. The van der Waals surface area contributed by atoms with Crippen LogP contribution < -0.4 is 22.5 Å². The Hall–Kier alpha value is -1.51. The molecule has 0 aliphatic rings. The molecule has 0 bridgehead atoms. The van der Waals surface area contributed by atoms with Crippen LogP contribution in [-0.4, -0.2) is 14.2 Å². The summed E-state index contributed by atoms with van der Waals surface area (Å²) >= 11 is 0. The molecule has 0 radical (unpaired) electrons. The highest BCUT2D eigenvalue weighted by Gasteiger charge is 2.09. The van der Waals surface area contributed by atoms with Crippen molar-refractivity contribution in [1.82, 2.24) is 5.32 Å². The lowest BCUT2D eigenvalue weighted by atomic mass is 9.99. The van der Waals surface area contributed by atoms with Gasteiger partial charge in [-0.15, -0.1) is 0 Å². The van der Waals surface area contributed by atoms with Crippen molar-refractivity contribution < 1.29 is 17.1 Å². The maximum absolute atomic E-state index is 5.18. The molecule has 102 valence electrons. The van der Waals surface area contributed by atoms with E-state index >= 15 is 0 Å². The van der Waals surface area contributed by atoms with Gasteiger partial charge in [-0.2, -0.15) is 0 Å². The van der Waals surface area contributed by atoms with Crippen molar-refractivity contribution in [2.24, 2.45) is 0 Å². The lowest BCUT2D eigenvalue weighted by Gasteiger charge is -2.17. The van der Waals surface area contributed by atoms with E-state index in [2.05, 4.69) is 41.7 Å². The Balaban J connectivity index is 0.00000180. The molecule has 0 saturated heterocycles. The number of halogens is 1. The summed E-state index contributed by atoms with van der Waals surface area (Å²) in [6.45, 7) is 0. The fourth-order valence-corrected chi connectivity index (χ4v) is 2.07. The molecule has 0 aliphatic heterocycles. The molecule has 0 fully saturated rings. The van der Waals surface area contributed by atoms with Gasteiger partial charge in [0.25, 0.3) is 0 Å². The second kappa shape index (κ2) is 7.82. The van der Waals surface area contributed by atoms with Gasteiger partial charge in [-0.1, -0.05) is 42.5 Å². The van der Waals surface area contributed by atoms with Crippen molar-refractivity contribution in [3.05, 3.63) is 65.7 Å². The van der Waals surface area contributed by atoms with Gasteiger partial charge in [-0.05, 0) is 36.7 Å². The summed E-state index contributed by atoms with van der Waals surface area (Å²) in [5, 5.41) is 3.36. The van der Waals surface area contributed by atoms with Gasteiger partial charge in [0.2, 0.25) is 0 Å². The highest BCUT2D eigenvalue weighted by Crippen LogP contribution is 2.20. The largest absolute Gasteiger partial charge is 1.00 e. The van der Waals surface area contributed by atoms with E-state index in [0.717, 1.165) is 12.2 Å². The highest BCUT2D eigenvalue weighted by molar-refractivity contribution is 5.30. The highest BCUT2D eigenvalue weighted by atomic mass is 35.5. The van der Waals surface area contributed by atoms with Crippen molar-refractivity contribution in [3.63, 3.8) is 0 Å². The second-order valence-electron chi connectivity index (χ2n) is 4.30. The number of likely N-dealkylation sites (N-methyl/N-ethyl adjacent to an activating group) is 1. The lowest BCUT2D eigenvalue weighted by molar-refractivity contribution is -0.00000403. The topological polar surface area (TPSA) is 21.3 Å². The van der Waals surface area contributed by atoms with Gasteiger partial charge in [-0.3, -0.25) is 0 Å². The first kappa shape index (κ1) is 15.5. The molecule has 1 N–H and O–H groups in total. The smallest absolute Gasteiger partial charge is 0.118 e. The number of rotatable bonds is 5. The van der Waals surface area contributed by atoms with Gasteiger partial charge in [0, 0.05) is 6.04 Å². The normalized spacial score (nSPS) is 11.5. The van der Waals surface area contributed by atoms with Crippen LogP contribution in [0.3, 0.4) is 0 Å². The molecular weight excluding hydrogens is 258 g/mol. The van der Waals surface area contributed by atoms with Crippen LogP contribution in [0.2, 0.25) is 0 Å². The van der Waals surface area contributed by atoms with Crippen LogP contribution in [0.1, 0.15) is 17.2 Å². The molecular formula is C16H19ClNO-. The first-order valence-corrected chi connectivity index (χ1v) is 6.18. The fourth-order valence-electron chi connectivity index (χ4n) is 2.07. The predicted octanol–water partition coefficient (Wildman–Crippen LogP) is 0.202. The summed E-state index contributed by atoms with van der Waals surface area (Å²) in [5.74, 6) is 0.897. The minimum atomic E-state index is 0. The Morgan fingerprint density at radius 1 is 1.00 bits per heavy atom. The Labute approximate surface area is 121 Å². The van der Waals surface area contributed by atoms with Crippen molar-refractivity contribution in [2.75, 3.05) is 14.2 Å². The molecule has 2 nitrogen and oxygen atoms in total. The van der Waals surface area contributed by atoms with Gasteiger partial charge in [0.05, 0.1) is 7.11 Å². The van der Waals surface area contributed by atoms with E-state index in [4.69, 9.17) is 4.74 Å². The van der Waals surface area contributed by atoms with Crippen molar-refractivity contribution in [1.29, 1.82) is 0 Å². The number of hydrogen-bond acceptors (Lipinski definition) is 2. The quantitative estimate of drug-likeness (QED) is 0.843. The number of nitrogens with one attached hydrogen (secondary N) is 1. The van der Waals surface area contributed by atoms with E-state index in [1.807, 2.05) is 25.2 Å². The number of ether oxygens (including phenoxy) is 1. The molecule has 0 saturated carbocycles. The van der Waals surface area contributed by atoms with E-state index in [9.17, 15) is 0 Å². The minimum Gasteiger partial charge on any atom is -1.00 e. The molecule has 2 aromatic rings. The maximum atomic E-state index is 5.18. The van der Waals surface area contributed by atoms with Crippen molar-refractivity contribution >= 4 is 0 Å². The third-order valence-corrected chi connectivity index (χ3v) is 3.15. The molecule has 2 aromatic carbocycles. The molecule has 19 heavy (non-hydrogen) atoms. The molecule has 0 aromatic heterocycles. The zero-order valence-electron chi connectivity index (χ0n) is 11.3. The SMILES string of the molecule is CNC(Cc1ccccc1)c1ccc(OC)cc1.[Cl-].